The number of methoxy groups -OCH3 is 1. The number of rotatable bonds is 3. The Hall–Kier alpha value is -2.43. The summed E-state index contributed by atoms with van der Waals surface area (Å²) >= 11 is 0. The average Bonchev–Trinajstić information content (AvgIpc) is 3.12. The van der Waals surface area contributed by atoms with Gasteiger partial charge in [-0.3, -0.25) is 9.89 Å². The highest BCUT2D eigenvalue weighted by atomic mass is 19.4. The number of oxazole rings is 1. The Morgan fingerprint density at radius 3 is 2.87 bits per heavy atom. The lowest BCUT2D eigenvalue weighted by molar-refractivity contribution is -0.144. The first-order chi connectivity index (χ1) is 10.9. The maximum Gasteiger partial charge on any atom is 0.451 e. The highest BCUT2D eigenvalue weighted by Gasteiger charge is 2.37. The van der Waals surface area contributed by atoms with Crippen LogP contribution in [0.3, 0.4) is 0 Å². The maximum absolute atomic E-state index is 12.5. The number of hydrogen-bond acceptors (Lipinski definition) is 6. The van der Waals surface area contributed by atoms with Crippen molar-refractivity contribution in [3.05, 3.63) is 29.0 Å². The molecule has 0 spiro atoms. The van der Waals surface area contributed by atoms with E-state index in [4.69, 9.17) is 9.15 Å². The molecule has 3 heterocycles. The molecule has 0 fully saturated rings. The zero-order valence-corrected chi connectivity index (χ0v) is 12.0. The van der Waals surface area contributed by atoms with Crippen LogP contribution in [0.15, 0.2) is 4.42 Å². The van der Waals surface area contributed by atoms with E-state index in [1.165, 1.54) is 12.0 Å². The van der Waals surface area contributed by atoms with Gasteiger partial charge in [-0.2, -0.15) is 18.2 Å². The number of nitrogens with zero attached hydrogens (tertiary/aromatic N) is 4. The van der Waals surface area contributed by atoms with Gasteiger partial charge in [0.25, 0.3) is 5.91 Å². The third kappa shape index (κ3) is 3.04. The summed E-state index contributed by atoms with van der Waals surface area (Å²) in [5.74, 6) is -1.49. The normalized spacial score (nSPS) is 14.9. The van der Waals surface area contributed by atoms with Gasteiger partial charge in [0.15, 0.2) is 0 Å². The third-order valence-electron chi connectivity index (χ3n) is 3.27. The molecule has 1 N–H and O–H groups in total. The molecule has 0 bridgehead atoms. The summed E-state index contributed by atoms with van der Waals surface area (Å²) in [5.41, 5.74) is 0.559. The van der Waals surface area contributed by atoms with Crippen molar-refractivity contribution in [2.24, 2.45) is 0 Å². The SMILES string of the molecule is COCc1nc2c(o1)CCN(C(=O)c1n[nH]c(C(F)(F)F)n1)C2. The van der Waals surface area contributed by atoms with E-state index in [2.05, 4.69) is 15.1 Å². The van der Waals surface area contributed by atoms with Gasteiger partial charge in [-0.15, -0.1) is 5.10 Å². The first-order valence-electron chi connectivity index (χ1n) is 6.63. The highest BCUT2D eigenvalue weighted by molar-refractivity contribution is 5.90. The smallest absolute Gasteiger partial charge is 0.443 e. The molecule has 23 heavy (non-hydrogen) atoms. The number of H-pyrrole nitrogens is 1. The molecule has 0 aromatic carbocycles. The van der Waals surface area contributed by atoms with Crippen molar-refractivity contribution in [1.29, 1.82) is 0 Å². The van der Waals surface area contributed by atoms with Crippen molar-refractivity contribution >= 4 is 5.91 Å². The van der Waals surface area contributed by atoms with Crippen LogP contribution in [0.2, 0.25) is 0 Å². The van der Waals surface area contributed by atoms with Gasteiger partial charge in [0.05, 0.1) is 6.54 Å². The molecule has 8 nitrogen and oxygen atoms in total. The zero-order chi connectivity index (χ0) is 16.6. The van der Waals surface area contributed by atoms with Crippen LogP contribution in [0.25, 0.3) is 0 Å². The van der Waals surface area contributed by atoms with Crippen LogP contribution in [0.4, 0.5) is 13.2 Å². The molecule has 1 amide bonds. The van der Waals surface area contributed by atoms with E-state index in [1.54, 1.807) is 5.10 Å². The van der Waals surface area contributed by atoms with Gasteiger partial charge in [0.2, 0.25) is 17.5 Å². The molecular formula is C12H12F3N5O3. The first kappa shape index (κ1) is 15.5. The number of aromatic nitrogens is 4. The summed E-state index contributed by atoms with van der Waals surface area (Å²) in [6, 6.07) is 0. The van der Waals surface area contributed by atoms with Crippen LogP contribution in [0.5, 0.6) is 0 Å². The summed E-state index contributed by atoms with van der Waals surface area (Å²) in [4.78, 5) is 20.9. The van der Waals surface area contributed by atoms with E-state index in [0.717, 1.165) is 0 Å². The monoisotopic (exact) mass is 331 g/mol. The van der Waals surface area contributed by atoms with E-state index < -0.39 is 23.7 Å². The van der Waals surface area contributed by atoms with Gasteiger partial charge >= 0.3 is 6.18 Å². The number of aromatic amines is 1. The molecule has 124 valence electrons. The van der Waals surface area contributed by atoms with Gasteiger partial charge in [-0.25, -0.2) is 4.98 Å². The van der Waals surface area contributed by atoms with Gasteiger partial charge in [-0.1, -0.05) is 0 Å². The van der Waals surface area contributed by atoms with Crippen LogP contribution < -0.4 is 0 Å². The minimum absolute atomic E-state index is 0.122. The fourth-order valence-electron chi connectivity index (χ4n) is 2.24. The Morgan fingerprint density at radius 2 is 2.22 bits per heavy atom. The third-order valence-corrected chi connectivity index (χ3v) is 3.27. The summed E-state index contributed by atoms with van der Waals surface area (Å²) in [6.07, 6.45) is -4.27. The molecule has 0 aliphatic carbocycles. The summed E-state index contributed by atoms with van der Waals surface area (Å²) in [6.45, 7) is 0.609. The average molecular weight is 331 g/mol. The second kappa shape index (κ2) is 5.65. The van der Waals surface area contributed by atoms with E-state index in [-0.39, 0.29) is 19.7 Å². The number of amides is 1. The largest absolute Gasteiger partial charge is 0.451 e. The molecular weight excluding hydrogens is 319 g/mol. The van der Waals surface area contributed by atoms with Crippen LogP contribution in [0.1, 0.15) is 33.8 Å². The number of carbonyl (C=O) groups excluding carboxylic acids is 1. The maximum atomic E-state index is 12.5. The zero-order valence-electron chi connectivity index (χ0n) is 12.0. The lowest BCUT2D eigenvalue weighted by Gasteiger charge is -2.23. The van der Waals surface area contributed by atoms with E-state index in [1.807, 2.05) is 0 Å². The number of alkyl halides is 3. The molecule has 1 aliphatic rings. The van der Waals surface area contributed by atoms with Crippen LogP contribution >= 0.6 is 0 Å². The van der Waals surface area contributed by atoms with E-state index >= 15 is 0 Å². The molecule has 3 rings (SSSR count). The molecule has 0 unspecified atom stereocenters. The van der Waals surface area contributed by atoms with Gasteiger partial charge < -0.3 is 14.1 Å². The predicted octanol–water partition coefficient (Wildman–Crippen LogP) is 1.16. The minimum atomic E-state index is -4.68. The Balaban J connectivity index is 1.75. The molecule has 0 saturated heterocycles. The Kier molecular flexibility index (Phi) is 3.80. The van der Waals surface area contributed by atoms with Crippen molar-refractivity contribution in [3.63, 3.8) is 0 Å². The molecule has 11 heteroatoms. The van der Waals surface area contributed by atoms with Gasteiger partial charge in [0, 0.05) is 20.1 Å². The number of nitrogens with one attached hydrogen (secondary N) is 1. The molecule has 0 radical (unpaired) electrons. The van der Waals surface area contributed by atoms with Crippen molar-refractivity contribution in [2.75, 3.05) is 13.7 Å². The quantitative estimate of drug-likeness (QED) is 0.906. The number of carbonyl (C=O) groups is 1. The first-order valence-corrected chi connectivity index (χ1v) is 6.63. The molecule has 1 aliphatic heterocycles. The van der Waals surface area contributed by atoms with Crippen LogP contribution in [-0.2, 0) is 30.5 Å². The Labute approximate surface area is 127 Å². The summed E-state index contributed by atoms with van der Waals surface area (Å²) < 4.78 is 47.8. The summed E-state index contributed by atoms with van der Waals surface area (Å²) in [5, 5.41) is 5.06. The van der Waals surface area contributed by atoms with Gasteiger partial charge in [0.1, 0.15) is 18.1 Å². The molecule has 2 aromatic heterocycles. The van der Waals surface area contributed by atoms with Crippen molar-refractivity contribution in [3.8, 4) is 0 Å². The number of fused-ring (bicyclic) bond motifs is 1. The molecule has 0 atom stereocenters. The van der Waals surface area contributed by atoms with E-state index in [0.29, 0.717) is 23.8 Å². The molecule has 2 aromatic rings. The number of ether oxygens (including phenoxy) is 1. The molecule has 0 saturated carbocycles. The second-order valence-electron chi connectivity index (χ2n) is 4.89. The fourth-order valence-corrected chi connectivity index (χ4v) is 2.24. The van der Waals surface area contributed by atoms with Crippen molar-refractivity contribution in [1.82, 2.24) is 25.1 Å². The fraction of sp³-hybridized carbons (Fsp3) is 0.500. The highest BCUT2D eigenvalue weighted by Crippen LogP contribution is 2.26. The lowest BCUT2D eigenvalue weighted by Crippen LogP contribution is -2.36. The van der Waals surface area contributed by atoms with Gasteiger partial charge in [-0.05, 0) is 0 Å². The summed E-state index contributed by atoms with van der Waals surface area (Å²) in [7, 11) is 1.50. The van der Waals surface area contributed by atoms with E-state index in [9.17, 15) is 18.0 Å². The lowest BCUT2D eigenvalue weighted by atomic mass is 10.1. The van der Waals surface area contributed by atoms with Crippen molar-refractivity contribution in [2.45, 2.75) is 25.7 Å². The standard InChI is InChI=1S/C12H12F3N5O3/c1-22-5-8-16-6-4-20(3-2-7(6)23-8)10(21)9-17-11(19-18-9)12(13,14)15/h2-5H2,1H3,(H,17,18,19). The van der Waals surface area contributed by atoms with Crippen LogP contribution in [-0.4, -0.2) is 44.6 Å². The van der Waals surface area contributed by atoms with Crippen LogP contribution in [0, 0.1) is 0 Å². The second-order valence-corrected chi connectivity index (χ2v) is 4.89. The minimum Gasteiger partial charge on any atom is -0.443 e. The van der Waals surface area contributed by atoms with Crippen molar-refractivity contribution < 1.29 is 27.1 Å². The Morgan fingerprint density at radius 1 is 1.43 bits per heavy atom. The Bertz CT molecular complexity index is 724. The number of hydrogen-bond donors (Lipinski definition) is 1. The number of halogens is 3. The predicted molar refractivity (Wildman–Crippen MR) is 67.0 cm³/mol. The topological polar surface area (TPSA) is 97.1 Å².